The van der Waals surface area contributed by atoms with Crippen molar-refractivity contribution in [2.45, 2.75) is 102 Å². The van der Waals surface area contributed by atoms with Crippen molar-refractivity contribution in [1.29, 1.82) is 0 Å². The highest BCUT2D eigenvalue weighted by Crippen LogP contribution is 2.42. The number of fused-ring (bicyclic) bond motifs is 2. The van der Waals surface area contributed by atoms with Crippen LogP contribution in [0.5, 0.6) is 0 Å². The van der Waals surface area contributed by atoms with E-state index in [2.05, 4.69) is 0 Å². The molecular weight excluding hydrogens is 528 g/mol. The second kappa shape index (κ2) is 10.8. The highest BCUT2D eigenvalue weighted by atomic mass is 16.6. The highest BCUT2D eigenvalue weighted by Gasteiger charge is 2.58. The average molecular weight is 571 g/mol. The smallest absolute Gasteiger partial charge is 0.411 e. The standard InChI is InChI=1S/C30H42N4O7/c1-6-20-9-8-19-13-17-31(24(19)26(37)32(20)18-23(35)40-5)25(36)22-11-10-21-12-15-30(27(38)34(21)22)14-7-16-33(30)28(39)41-29(2,3)4/h8-9,12,15,19-22,24H,6-7,10-11,13-14,16-18H2,1-5H3/t19-,20+,21-,22-,24-,30+/m0/s1. The van der Waals surface area contributed by atoms with Crippen LogP contribution in [0.25, 0.3) is 0 Å². The van der Waals surface area contributed by atoms with E-state index in [1.807, 2.05) is 31.2 Å². The van der Waals surface area contributed by atoms with Gasteiger partial charge in [0, 0.05) is 19.0 Å². The summed E-state index contributed by atoms with van der Waals surface area (Å²) in [6.45, 7) is 7.92. The van der Waals surface area contributed by atoms with Crippen LogP contribution in [0.3, 0.4) is 0 Å². The second-order valence-corrected chi connectivity index (χ2v) is 12.7. The molecule has 5 aliphatic heterocycles. The third-order valence-corrected chi connectivity index (χ3v) is 9.14. The Labute approximate surface area is 241 Å². The van der Waals surface area contributed by atoms with E-state index in [1.54, 1.807) is 30.6 Å². The van der Waals surface area contributed by atoms with Gasteiger partial charge in [-0.1, -0.05) is 31.2 Å². The molecule has 1 spiro atoms. The van der Waals surface area contributed by atoms with Gasteiger partial charge in [0.25, 0.3) is 5.91 Å². The number of hydrogen-bond donors (Lipinski definition) is 0. The molecule has 11 heteroatoms. The molecule has 0 unspecified atom stereocenters. The molecule has 5 heterocycles. The van der Waals surface area contributed by atoms with Crippen LogP contribution in [-0.4, -0.2) is 111 Å². The summed E-state index contributed by atoms with van der Waals surface area (Å²) in [5, 5.41) is 0. The zero-order valence-electron chi connectivity index (χ0n) is 24.7. The number of amides is 4. The Morgan fingerprint density at radius 2 is 1.80 bits per heavy atom. The normalized spacial score (nSPS) is 32.9. The molecule has 0 aliphatic carbocycles. The van der Waals surface area contributed by atoms with Crippen LogP contribution in [0.2, 0.25) is 0 Å². The Kier molecular flexibility index (Phi) is 7.67. The van der Waals surface area contributed by atoms with E-state index in [4.69, 9.17) is 9.47 Å². The fourth-order valence-electron chi connectivity index (χ4n) is 7.17. The number of rotatable bonds is 4. The zero-order chi connectivity index (χ0) is 29.7. The summed E-state index contributed by atoms with van der Waals surface area (Å²) < 4.78 is 10.5. The monoisotopic (exact) mass is 570 g/mol. The Morgan fingerprint density at radius 3 is 2.49 bits per heavy atom. The van der Waals surface area contributed by atoms with E-state index in [9.17, 15) is 24.0 Å². The molecule has 4 amide bonds. The third-order valence-electron chi connectivity index (χ3n) is 9.14. The van der Waals surface area contributed by atoms with Gasteiger partial charge < -0.3 is 24.2 Å². The van der Waals surface area contributed by atoms with Gasteiger partial charge in [0.2, 0.25) is 11.8 Å². The van der Waals surface area contributed by atoms with Crippen LogP contribution in [0.1, 0.15) is 66.2 Å². The first-order chi connectivity index (χ1) is 19.4. The molecule has 0 N–H and O–H groups in total. The number of methoxy groups -OCH3 is 1. The lowest BCUT2D eigenvalue weighted by molar-refractivity contribution is -0.155. The number of ether oxygens (including phenoxy) is 2. The predicted molar refractivity (Wildman–Crippen MR) is 148 cm³/mol. The molecule has 0 aromatic rings. The van der Waals surface area contributed by atoms with Gasteiger partial charge in [-0.05, 0) is 59.3 Å². The first-order valence-corrected chi connectivity index (χ1v) is 14.8. The van der Waals surface area contributed by atoms with E-state index in [0.717, 1.165) is 0 Å². The highest BCUT2D eigenvalue weighted by molar-refractivity contribution is 5.99. The lowest BCUT2D eigenvalue weighted by Gasteiger charge is -2.44. The molecule has 3 saturated heterocycles. The first kappa shape index (κ1) is 29.1. The van der Waals surface area contributed by atoms with Crippen molar-refractivity contribution < 1.29 is 33.4 Å². The minimum absolute atomic E-state index is 0.166. The lowest BCUT2D eigenvalue weighted by Crippen LogP contribution is -2.64. The fraction of sp³-hybridized carbons (Fsp3) is 0.700. The van der Waals surface area contributed by atoms with Gasteiger partial charge in [0.05, 0.1) is 19.2 Å². The van der Waals surface area contributed by atoms with E-state index < -0.39 is 35.3 Å². The SMILES string of the molecule is CC[C@@H]1C=C[C@H]2CCN(C(=O)[C@@H]3CC[C@H]4C=C[C@]5(CCCN5C(=O)OC(C)(C)C)C(=O)N43)[C@@H]2C(=O)N1CC(=O)OC. The average Bonchev–Trinajstić information content (AvgIpc) is 3.64. The minimum Gasteiger partial charge on any atom is -0.468 e. The van der Waals surface area contributed by atoms with Gasteiger partial charge in [-0.3, -0.25) is 24.1 Å². The van der Waals surface area contributed by atoms with Crippen LogP contribution in [0.15, 0.2) is 24.3 Å². The molecule has 6 atom stereocenters. The molecule has 0 saturated carbocycles. The molecule has 5 rings (SSSR count). The zero-order valence-corrected chi connectivity index (χ0v) is 24.7. The van der Waals surface area contributed by atoms with E-state index in [0.29, 0.717) is 51.6 Å². The van der Waals surface area contributed by atoms with Crippen LogP contribution >= 0.6 is 0 Å². The van der Waals surface area contributed by atoms with Crippen molar-refractivity contribution in [2.24, 2.45) is 5.92 Å². The molecule has 3 fully saturated rings. The van der Waals surface area contributed by atoms with Crippen molar-refractivity contribution in [3.8, 4) is 0 Å². The van der Waals surface area contributed by atoms with Crippen molar-refractivity contribution in [3.63, 3.8) is 0 Å². The number of esters is 1. The van der Waals surface area contributed by atoms with Gasteiger partial charge in [-0.15, -0.1) is 0 Å². The molecule has 41 heavy (non-hydrogen) atoms. The number of likely N-dealkylation sites (tertiary alicyclic amines) is 2. The van der Waals surface area contributed by atoms with Gasteiger partial charge in [0.1, 0.15) is 29.8 Å². The molecule has 0 aromatic carbocycles. The maximum Gasteiger partial charge on any atom is 0.411 e. The summed E-state index contributed by atoms with van der Waals surface area (Å²) in [6, 6.07) is -1.99. The summed E-state index contributed by atoms with van der Waals surface area (Å²) in [5.41, 5.74) is -1.89. The summed E-state index contributed by atoms with van der Waals surface area (Å²) in [6.07, 6.45) is 10.7. The molecule has 0 bridgehead atoms. The number of hydrogen-bond acceptors (Lipinski definition) is 7. The number of carbonyl (C=O) groups excluding carboxylic acids is 5. The summed E-state index contributed by atoms with van der Waals surface area (Å²) in [5.74, 6) is -1.46. The van der Waals surface area contributed by atoms with Crippen LogP contribution in [-0.2, 0) is 28.7 Å². The molecule has 224 valence electrons. The van der Waals surface area contributed by atoms with Crippen LogP contribution < -0.4 is 0 Å². The van der Waals surface area contributed by atoms with Crippen LogP contribution in [0.4, 0.5) is 4.79 Å². The van der Waals surface area contributed by atoms with Gasteiger partial charge in [-0.25, -0.2) is 4.79 Å². The number of nitrogens with zero attached hydrogens (tertiary/aromatic N) is 4. The molecule has 0 aromatic heterocycles. The lowest BCUT2D eigenvalue weighted by atomic mass is 9.89. The van der Waals surface area contributed by atoms with Gasteiger partial charge in [0.15, 0.2) is 0 Å². The van der Waals surface area contributed by atoms with E-state index in [1.165, 1.54) is 16.9 Å². The van der Waals surface area contributed by atoms with Crippen molar-refractivity contribution in [2.75, 3.05) is 26.7 Å². The Hall–Kier alpha value is -3.37. The van der Waals surface area contributed by atoms with Gasteiger partial charge >= 0.3 is 12.1 Å². The second-order valence-electron chi connectivity index (χ2n) is 12.7. The van der Waals surface area contributed by atoms with E-state index >= 15 is 0 Å². The molecule has 11 nitrogen and oxygen atoms in total. The fourth-order valence-corrected chi connectivity index (χ4v) is 7.17. The molecule has 0 radical (unpaired) electrons. The largest absolute Gasteiger partial charge is 0.468 e. The molecule has 5 aliphatic rings. The van der Waals surface area contributed by atoms with Crippen molar-refractivity contribution in [1.82, 2.24) is 19.6 Å². The topological polar surface area (TPSA) is 117 Å². The Morgan fingerprint density at radius 1 is 1.05 bits per heavy atom. The predicted octanol–water partition coefficient (Wildman–Crippen LogP) is 2.25. The maximum atomic E-state index is 14.2. The van der Waals surface area contributed by atoms with Gasteiger partial charge in [-0.2, -0.15) is 0 Å². The van der Waals surface area contributed by atoms with Crippen molar-refractivity contribution in [3.05, 3.63) is 24.3 Å². The minimum atomic E-state index is -1.18. The summed E-state index contributed by atoms with van der Waals surface area (Å²) in [7, 11) is 1.29. The Bertz CT molecular complexity index is 1180. The summed E-state index contributed by atoms with van der Waals surface area (Å²) in [4.78, 5) is 74.0. The van der Waals surface area contributed by atoms with Crippen LogP contribution in [0, 0.1) is 5.92 Å². The number of carbonyl (C=O) groups is 5. The summed E-state index contributed by atoms with van der Waals surface area (Å²) >= 11 is 0. The molecular formula is C30H42N4O7. The maximum absolute atomic E-state index is 14.2. The van der Waals surface area contributed by atoms with Crippen molar-refractivity contribution >= 4 is 29.8 Å². The third kappa shape index (κ3) is 5.01. The van der Waals surface area contributed by atoms with E-state index in [-0.39, 0.29) is 42.3 Å². The Balaban J connectivity index is 1.40. The first-order valence-electron chi connectivity index (χ1n) is 14.8. The quantitative estimate of drug-likeness (QED) is 0.376.